The molecular weight excluding hydrogens is 289 g/mol. The highest BCUT2D eigenvalue weighted by Crippen LogP contribution is 2.34. The third kappa shape index (κ3) is 3.19. The van der Waals surface area contributed by atoms with Crippen LogP contribution in [0.2, 0.25) is 0 Å². The van der Waals surface area contributed by atoms with Crippen molar-refractivity contribution in [3.05, 3.63) is 46.8 Å². The van der Waals surface area contributed by atoms with E-state index in [4.69, 9.17) is 4.74 Å². The monoisotopic (exact) mass is 300 g/mol. The van der Waals surface area contributed by atoms with Crippen LogP contribution in [0.25, 0.3) is 10.4 Å². The van der Waals surface area contributed by atoms with Gasteiger partial charge in [0.2, 0.25) is 0 Å². The Labute approximate surface area is 117 Å². The minimum Gasteiger partial charge on any atom is -0.462 e. The average molecular weight is 300 g/mol. The van der Waals surface area contributed by atoms with Crippen LogP contribution in [0.1, 0.15) is 22.2 Å². The fourth-order valence-corrected chi connectivity index (χ4v) is 2.55. The molecule has 0 amide bonds. The Morgan fingerprint density at radius 2 is 2.00 bits per heavy atom. The lowest BCUT2D eigenvalue weighted by molar-refractivity contribution is -0.137. The highest BCUT2D eigenvalue weighted by Gasteiger charge is 2.30. The molecule has 1 heterocycles. The van der Waals surface area contributed by atoms with Gasteiger partial charge in [-0.25, -0.2) is 4.79 Å². The van der Waals surface area contributed by atoms with Crippen LogP contribution in [0.3, 0.4) is 0 Å². The molecule has 0 atom stereocenters. The van der Waals surface area contributed by atoms with Crippen LogP contribution >= 0.6 is 11.3 Å². The number of rotatable bonds is 3. The Morgan fingerprint density at radius 3 is 2.65 bits per heavy atom. The molecule has 0 aliphatic rings. The van der Waals surface area contributed by atoms with Gasteiger partial charge in [-0.15, -0.1) is 11.3 Å². The van der Waals surface area contributed by atoms with E-state index >= 15 is 0 Å². The number of alkyl halides is 3. The molecule has 2 nitrogen and oxygen atoms in total. The van der Waals surface area contributed by atoms with Crippen molar-refractivity contribution in [2.24, 2.45) is 0 Å². The van der Waals surface area contributed by atoms with Crippen LogP contribution in [0.15, 0.2) is 36.4 Å². The molecule has 0 bridgehead atoms. The number of halogens is 3. The molecule has 0 aliphatic heterocycles. The van der Waals surface area contributed by atoms with Gasteiger partial charge in [-0.2, -0.15) is 13.2 Å². The van der Waals surface area contributed by atoms with Crippen LogP contribution in [0.5, 0.6) is 0 Å². The SMILES string of the molecule is CCOC(=O)c1ccc(-c2cccc(C(F)(F)F)c2)s1. The van der Waals surface area contributed by atoms with Gasteiger partial charge < -0.3 is 4.74 Å². The summed E-state index contributed by atoms with van der Waals surface area (Å²) in [6, 6.07) is 8.19. The molecule has 0 aliphatic carbocycles. The number of carbonyl (C=O) groups is 1. The van der Waals surface area contributed by atoms with Crippen molar-refractivity contribution < 1.29 is 22.7 Å². The summed E-state index contributed by atoms with van der Waals surface area (Å²) < 4.78 is 42.8. The van der Waals surface area contributed by atoms with Crippen LogP contribution < -0.4 is 0 Å². The van der Waals surface area contributed by atoms with E-state index in [2.05, 4.69) is 0 Å². The number of esters is 1. The average Bonchev–Trinajstić information content (AvgIpc) is 2.88. The number of thiophene rings is 1. The molecule has 2 rings (SSSR count). The molecule has 0 unspecified atom stereocenters. The Bertz CT molecular complexity index is 617. The minimum absolute atomic E-state index is 0.260. The predicted molar refractivity (Wildman–Crippen MR) is 70.7 cm³/mol. The van der Waals surface area contributed by atoms with Gasteiger partial charge in [-0.3, -0.25) is 0 Å². The first-order valence-electron chi connectivity index (χ1n) is 5.86. The standard InChI is InChI=1S/C14H11F3O2S/c1-2-19-13(18)12-7-6-11(20-12)9-4-3-5-10(8-9)14(15,16)17/h3-8H,2H2,1H3. The van der Waals surface area contributed by atoms with E-state index < -0.39 is 17.7 Å². The summed E-state index contributed by atoms with van der Waals surface area (Å²) in [7, 11) is 0. The Morgan fingerprint density at radius 1 is 1.25 bits per heavy atom. The smallest absolute Gasteiger partial charge is 0.416 e. The van der Waals surface area contributed by atoms with Gasteiger partial charge in [0.25, 0.3) is 0 Å². The second-order valence-electron chi connectivity index (χ2n) is 3.96. The van der Waals surface area contributed by atoms with Gasteiger partial charge in [0.05, 0.1) is 12.2 Å². The minimum atomic E-state index is -4.38. The van der Waals surface area contributed by atoms with Crippen molar-refractivity contribution in [1.29, 1.82) is 0 Å². The first-order chi connectivity index (χ1) is 9.41. The fourth-order valence-electron chi connectivity index (χ4n) is 1.65. The molecule has 0 saturated carbocycles. The summed E-state index contributed by atoms with van der Waals surface area (Å²) in [5.41, 5.74) is -0.276. The van der Waals surface area contributed by atoms with E-state index in [0.29, 0.717) is 15.3 Å². The second-order valence-corrected chi connectivity index (χ2v) is 5.05. The van der Waals surface area contributed by atoms with E-state index in [0.717, 1.165) is 23.5 Å². The molecule has 1 aromatic heterocycles. The van der Waals surface area contributed by atoms with Crippen molar-refractivity contribution in [2.75, 3.05) is 6.61 Å². The highest BCUT2D eigenvalue weighted by atomic mass is 32.1. The zero-order chi connectivity index (χ0) is 14.8. The number of hydrogen-bond acceptors (Lipinski definition) is 3. The Hall–Kier alpha value is -1.82. The first-order valence-corrected chi connectivity index (χ1v) is 6.68. The zero-order valence-electron chi connectivity index (χ0n) is 10.5. The fraction of sp³-hybridized carbons (Fsp3) is 0.214. The van der Waals surface area contributed by atoms with Crippen LogP contribution in [0, 0.1) is 0 Å². The van der Waals surface area contributed by atoms with Gasteiger partial charge in [0.15, 0.2) is 0 Å². The summed E-state index contributed by atoms with van der Waals surface area (Å²) >= 11 is 1.11. The van der Waals surface area contributed by atoms with Gasteiger partial charge >= 0.3 is 12.1 Å². The van der Waals surface area contributed by atoms with Gasteiger partial charge in [0.1, 0.15) is 4.88 Å². The summed E-state index contributed by atoms with van der Waals surface area (Å²) in [5, 5.41) is 0. The van der Waals surface area contributed by atoms with E-state index in [9.17, 15) is 18.0 Å². The largest absolute Gasteiger partial charge is 0.462 e. The quantitative estimate of drug-likeness (QED) is 0.774. The molecule has 0 N–H and O–H groups in total. The third-order valence-electron chi connectivity index (χ3n) is 2.56. The normalized spacial score (nSPS) is 11.4. The molecule has 1 aromatic carbocycles. The van der Waals surface area contributed by atoms with Crippen molar-refractivity contribution in [3.8, 4) is 10.4 Å². The maximum Gasteiger partial charge on any atom is 0.416 e. The van der Waals surface area contributed by atoms with Crippen molar-refractivity contribution >= 4 is 17.3 Å². The first kappa shape index (κ1) is 14.6. The molecule has 6 heteroatoms. The van der Waals surface area contributed by atoms with Crippen molar-refractivity contribution in [2.45, 2.75) is 13.1 Å². The molecule has 106 valence electrons. The lowest BCUT2D eigenvalue weighted by atomic mass is 10.1. The van der Waals surface area contributed by atoms with Crippen LogP contribution in [-0.4, -0.2) is 12.6 Å². The summed E-state index contributed by atoms with van der Waals surface area (Å²) in [4.78, 5) is 12.5. The van der Waals surface area contributed by atoms with Crippen molar-refractivity contribution in [1.82, 2.24) is 0 Å². The topological polar surface area (TPSA) is 26.3 Å². The summed E-state index contributed by atoms with van der Waals surface area (Å²) in [5.74, 6) is -0.462. The van der Waals surface area contributed by atoms with Crippen molar-refractivity contribution in [3.63, 3.8) is 0 Å². The lowest BCUT2D eigenvalue weighted by Gasteiger charge is -2.07. The molecule has 20 heavy (non-hydrogen) atoms. The number of carbonyl (C=O) groups excluding carboxylic acids is 1. The lowest BCUT2D eigenvalue weighted by Crippen LogP contribution is -2.04. The van der Waals surface area contributed by atoms with Crippen LogP contribution in [0.4, 0.5) is 13.2 Å². The van der Waals surface area contributed by atoms with Gasteiger partial charge in [-0.05, 0) is 36.8 Å². The Balaban J connectivity index is 2.31. The molecule has 0 spiro atoms. The third-order valence-corrected chi connectivity index (χ3v) is 3.67. The van der Waals surface area contributed by atoms with Gasteiger partial charge in [0, 0.05) is 4.88 Å². The maximum atomic E-state index is 12.6. The molecule has 0 radical (unpaired) electrons. The zero-order valence-corrected chi connectivity index (χ0v) is 11.3. The molecule has 0 saturated heterocycles. The highest BCUT2D eigenvalue weighted by molar-refractivity contribution is 7.17. The summed E-state index contributed by atoms with van der Waals surface area (Å²) in [6.45, 7) is 1.95. The van der Waals surface area contributed by atoms with E-state index in [-0.39, 0.29) is 6.61 Å². The number of ether oxygens (including phenoxy) is 1. The molecule has 0 fully saturated rings. The van der Waals surface area contributed by atoms with E-state index in [1.807, 2.05) is 0 Å². The number of hydrogen-bond donors (Lipinski definition) is 0. The van der Waals surface area contributed by atoms with Gasteiger partial charge in [-0.1, -0.05) is 12.1 Å². The maximum absolute atomic E-state index is 12.6. The van der Waals surface area contributed by atoms with Crippen LogP contribution in [-0.2, 0) is 10.9 Å². The predicted octanol–water partition coefficient (Wildman–Crippen LogP) is 4.61. The van der Waals surface area contributed by atoms with E-state index in [1.54, 1.807) is 25.1 Å². The summed E-state index contributed by atoms with van der Waals surface area (Å²) in [6.07, 6.45) is -4.38. The number of benzene rings is 1. The second kappa shape index (κ2) is 5.66. The molecular formula is C14H11F3O2S. The van der Waals surface area contributed by atoms with E-state index in [1.165, 1.54) is 6.07 Å². The Kier molecular flexibility index (Phi) is 4.13. The molecule has 2 aromatic rings.